The molecule has 14 heteroatoms. The zero-order valence-corrected chi connectivity index (χ0v) is 28.6. The molecule has 1 aliphatic heterocycles. The van der Waals surface area contributed by atoms with Gasteiger partial charge in [-0.1, -0.05) is 79.3 Å². The van der Waals surface area contributed by atoms with E-state index in [0.717, 1.165) is 12.5 Å². The molecule has 4 aromatic rings. The molecular weight excluding hydrogens is 781 g/mol. The van der Waals surface area contributed by atoms with Crippen LogP contribution in [0.2, 0.25) is 10.0 Å². The molecule has 2 heterocycles. The lowest BCUT2D eigenvalue weighted by atomic mass is 9.81. The molecule has 0 N–H and O–H groups in total. The number of halogens is 4. The molecule has 7 rings (SSSR count). The number of benzene rings is 3. The minimum absolute atomic E-state index is 0.0393. The van der Waals surface area contributed by atoms with Crippen molar-refractivity contribution in [3.05, 3.63) is 98.0 Å². The first-order valence-corrected chi connectivity index (χ1v) is 17.0. The van der Waals surface area contributed by atoms with Crippen LogP contribution in [0.1, 0.15) is 27.1 Å². The Balaban J connectivity index is 1.15. The SMILES string of the molecule is O=C(COC(=O)c1cc(-c2ccc(N3C(=O)C4C5CC(C(Br)C5Br)C4C3=O)cc2)nc2c(Cl)cccc12)c1ccc(Cl)c([N+](=O)[O-])c1. The van der Waals surface area contributed by atoms with Crippen molar-refractivity contribution >= 4 is 101 Å². The number of aromatic nitrogens is 1. The number of carbonyl (C=O) groups is 4. The van der Waals surface area contributed by atoms with E-state index in [4.69, 9.17) is 27.9 Å². The Hall–Kier alpha value is -3.71. The number of ether oxygens (including phenoxy) is 1. The van der Waals surface area contributed by atoms with Gasteiger partial charge in [-0.05, 0) is 54.7 Å². The highest BCUT2D eigenvalue weighted by atomic mass is 79.9. The van der Waals surface area contributed by atoms with Crippen molar-refractivity contribution in [2.24, 2.45) is 23.7 Å². The number of ketones is 1. The first kappa shape index (κ1) is 31.9. The fraction of sp³-hybridized carbons (Fsp3) is 0.242. The van der Waals surface area contributed by atoms with Crippen molar-refractivity contribution in [1.82, 2.24) is 4.98 Å². The molecule has 10 nitrogen and oxygen atoms in total. The number of esters is 1. The molecule has 6 unspecified atom stereocenters. The number of nitro groups is 1. The van der Waals surface area contributed by atoms with Gasteiger partial charge < -0.3 is 4.74 Å². The molecule has 1 aromatic heterocycles. The molecule has 2 bridgehead atoms. The van der Waals surface area contributed by atoms with E-state index in [1.54, 1.807) is 42.5 Å². The summed E-state index contributed by atoms with van der Waals surface area (Å²) in [5.74, 6) is -2.36. The summed E-state index contributed by atoms with van der Waals surface area (Å²) in [6, 6.07) is 16.7. The van der Waals surface area contributed by atoms with E-state index in [1.807, 2.05) is 0 Å². The second kappa shape index (κ2) is 12.1. The van der Waals surface area contributed by atoms with Crippen molar-refractivity contribution in [3.8, 4) is 11.3 Å². The van der Waals surface area contributed by atoms with Crippen LogP contribution in [0, 0.1) is 33.8 Å². The maximum atomic E-state index is 13.5. The first-order valence-electron chi connectivity index (χ1n) is 14.5. The number of fused-ring (bicyclic) bond motifs is 6. The van der Waals surface area contributed by atoms with Crippen LogP contribution < -0.4 is 4.90 Å². The van der Waals surface area contributed by atoms with Gasteiger partial charge in [0.15, 0.2) is 6.61 Å². The lowest BCUT2D eigenvalue weighted by Crippen LogP contribution is -2.37. The molecule has 47 heavy (non-hydrogen) atoms. The molecule has 238 valence electrons. The topological polar surface area (TPSA) is 137 Å². The molecule has 2 saturated carbocycles. The smallest absolute Gasteiger partial charge is 0.339 e. The van der Waals surface area contributed by atoms with Gasteiger partial charge in [0.1, 0.15) is 5.02 Å². The fourth-order valence-electron chi connectivity index (χ4n) is 7.03. The molecule has 3 aromatic carbocycles. The third-order valence-corrected chi connectivity index (χ3v) is 13.0. The zero-order chi connectivity index (χ0) is 33.3. The fourth-order valence-corrected chi connectivity index (χ4v) is 9.31. The number of carbonyl (C=O) groups excluding carboxylic acids is 4. The minimum atomic E-state index is -0.834. The maximum Gasteiger partial charge on any atom is 0.339 e. The summed E-state index contributed by atoms with van der Waals surface area (Å²) in [4.78, 5) is 69.8. The predicted octanol–water partition coefficient (Wildman–Crippen LogP) is 7.44. The minimum Gasteiger partial charge on any atom is -0.454 e. The summed E-state index contributed by atoms with van der Waals surface area (Å²) in [7, 11) is 0. The van der Waals surface area contributed by atoms with Crippen molar-refractivity contribution in [2.45, 2.75) is 16.1 Å². The van der Waals surface area contributed by atoms with Gasteiger partial charge in [-0.15, -0.1) is 0 Å². The number of alkyl halides is 2. The Bertz CT molecular complexity index is 2010. The van der Waals surface area contributed by atoms with Crippen molar-refractivity contribution in [2.75, 3.05) is 11.5 Å². The number of hydrogen-bond donors (Lipinski definition) is 0. The number of imide groups is 1. The monoisotopic (exact) mass is 799 g/mol. The molecular formula is C33H21Br2Cl2N3O7. The third-order valence-electron chi connectivity index (χ3n) is 9.22. The Morgan fingerprint density at radius 1 is 0.936 bits per heavy atom. The molecule has 3 aliphatic rings. The molecule has 0 radical (unpaired) electrons. The molecule has 2 amide bonds. The average molecular weight is 802 g/mol. The van der Waals surface area contributed by atoms with Gasteiger partial charge in [0, 0.05) is 32.2 Å². The third kappa shape index (κ3) is 5.26. The van der Waals surface area contributed by atoms with Crippen molar-refractivity contribution < 1.29 is 28.8 Å². The van der Waals surface area contributed by atoms with Gasteiger partial charge in [-0.3, -0.25) is 29.4 Å². The summed E-state index contributed by atoms with van der Waals surface area (Å²) in [5, 5.41) is 11.8. The van der Waals surface area contributed by atoms with E-state index in [9.17, 15) is 29.3 Å². The molecule has 2 aliphatic carbocycles. The number of nitro benzene ring substituents is 1. The van der Waals surface area contributed by atoms with E-state index in [1.165, 1.54) is 23.1 Å². The molecule has 1 saturated heterocycles. The lowest BCUT2D eigenvalue weighted by Gasteiger charge is -2.28. The van der Waals surface area contributed by atoms with E-state index >= 15 is 0 Å². The Kier molecular flexibility index (Phi) is 8.18. The summed E-state index contributed by atoms with van der Waals surface area (Å²) < 4.78 is 5.35. The predicted molar refractivity (Wildman–Crippen MR) is 181 cm³/mol. The van der Waals surface area contributed by atoms with Crippen LogP contribution in [-0.4, -0.2) is 49.7 Å². The van der Waals surface area contributed by atoms with E-state index in [-0.39, 0.29) is 66.3 Å². The van der Waals surface area contributed by atoms with Crippen LogP contribution in [0.25, 0.3) is 22.2 Å². The second-order valence-electron chi connectivity index (χ2n) is 11.7. The largest absolute Gasteiger partial charge is 0.454 e. The normalized spacial score (nSPS) is 24.6. The van der Waals surface area contributed by atoms with Gasteiger partial charge in [0.2, 0.25) is 17.6 Å². The summed E-state index contributed by atoms with van der Waals surface area (Å²) in [6.45, 7) is -0.681. The van der Waals surface area contributed by atoms with E-state index in [0.29, 0.717) is 27.8 Å². The average Bonchev–Trinajstić information content (AvgIpc) is 3.68. The zero-order valence-electron chi connectivity index (χ0n) is 23.9. The molecule has 0 spiro atoms. The summed E-state index contributed by atoms with van der Waals surface area (Å²) in [5.41, 5.74) is 1.33. The molecule has 3 fully saturated rings. The highest BCUT2D eigenvalue weighted by Gasteiger charge is 2.66. The Morgan fingerprint density at radius 2 is 1.60 bits per heavy atom. The van der Waals surface area contributed by atoms with Crippen LogP contribution in [0.15, 0.2) is 66.7 Å². The van der Waals surface area contributed by atoms with Crippen LogP contribution in [-0.2, 0) is 14.3 Å². The van der Waals surface area contributed by atoms with Gasteiger partial charge in [-0.25, -0.2) is 9.78 Å². The number of amides is 2. The van der Waals surface area contributed by atoms with Crippen molar-refractivity contribution in [1.29, 1.82) is 0 Å². The lowest BCUT2D eigenvalue weighted by molar-refractivity contribution is -0.384. The number of pyridine rings is 1. The van der Waals surface area contributed by atoms with Gasteiger partial charge in [-0.2, -0.15) is 0 Å². The quantitative estimate of drug-likeness (QED) is 0.0470. The highest BCUT2D eigenvalue weighted by molar-refractivity contribution is 9.12. The first-order chi connectivity index (χ1) is 22.5. The van der Waals surface area contributed by atoms with Crippen molar-refractivity contribution in [3.63, 3.8) is 0 Å². The van der Waals surface area contributed by atoms with Gasteiger partial charge >= 0.3 is 5.97 Å². The van der Waals surface area contributed by atoms with E-state index in [2.05, 4.69) is 36.8 Å². The van der Waals surface area contributed by atoms with Crippen LogP contribution >= 0.6 is 55.1 Å². The maximum absolute atomic E-state index is 13.5. The second-order valence-corrected chi connectivity index (χ2v) is 14.6. The number of nitrogens with zero attached hydrogens (tertiary/aromatic N) is 3. The van der Waals surface area contributed by atoms with Crippen LogP contribution in [0.3, 0.4) is 0 Å². The summed E-state index contributed by atoms with van der Waals surface area (Å²) in [6.07, 6.45) is 0.838. The standard InChI is InChI=1S/C33H21Br2Cl2N3O7/c34-28-19-11-20(29(28)35)27-26(19)31(42)39(32(27)43)16-7-4-14(5-8-16)23-12-18(17-2-1-3-22(37)30(17)38-23)33(44)47-13-25(41)15-6-9-21(36)24(10-15)40(45)46/h1-10,12,19-20,26-29H,11,13H2. The number of anilines is 1. The van der Waals surface area contributed by atoms with Crippen LogP contribution in [0.5, 0.6) is 0 Å². The Morgan fingerprint density at radius 3 is 2.23 bits per heavy atom. The van der Waals surface area contributed by atoms with E-state index < -0.39 is 29.0 Å². The highest BCUT2D eigenvalue weighted by Crippen LogP contribution is 2.60. The Labute approximate surface area is 293 Å². The molecule has 6 atom stereocenters. The number of hydrogen-bond acceptors (Lipinski definition) is 8. The number of rotatable bonds is 7. The van der Waals surface area contributed by atoms with Gasteiger partial charge in [0.05, 0.1) is 44.2 Å². The number of para-hydroxylation sites is 1. The van der Waals surface area contributed by atoms with Gasteiger partial charge in [0.25, 0.3) is 5.69 Å². The number of Topliss-reactive ketones (excluding diaryl/α,β-unsaturated/α-hetero) is 1. The summed E-state index contributed by atoms with van der Waals surface area (Å²) >= 11 is 19.7. The van der Waals surface area contributed by atoms with Crippen LogP contribution in [0.4, 0.5) is 11.4 Å².